The molecule has 4 nitrogen and oxygen atoms in total. The number of nitrogens with zero attached hydrogens (tertiary/aromatic N) is 1. The van der Waals surface area contributed by atoms with Crippen molar-refractivity contribution in [2.75, 3.05) is 26.2 Å². The van der Waals surface area contributed by atoms with Gasteiger partial charge in [0.15, 0.2) is 0 Å². The first-order valence-electron chi connectivity index (χ1n) is 9.36. The Morgan fingerprint density at radius 2 is 1.93 bits per heavy atom. The zero-order chi connectivity index (χ0) is 19.4. The molecule has 1 heterocycles. The van der Waals surface area contributed by atoms with Crippen molar-refractivity contribution in [2.45, 2.75) is 37.9 Å². The van der Waals surface area contributed by atoms with Gasteiger partial charge in [0, 0.05) is 19.1 Å². The Balaban J connectivity index is 0.00000280. The summed E-state index contributed by atoms with van der Waals surface area (Å²) in [7, 11) is 0. The van der Waals surface area contributed by atoms with Gasteiger partial charge in [-0.25, -0.2) is 0 Å². The van der Waals surface area contributed by atoms with Gasteiger partial charge in [-0.1, -0.05) is 12.7 Å². The van der Waals surface area contributed by atoms with Gasteiger partial charge >= 0.3 is 6.18 Å². The van der Waals surface area contributed by atoms with E-state index < -0.39 is 17.6 Å². The van der Waals surface area contributed by atoms with Crippen molar-refractivity contribution in [3.8, 4) is 5.75 Å². The molecule has 1 N–H and O–H groups in total. The van der Waals surface area contributed by atoms with Crippen LogP contribution in [-0.4, -0.2) is 43.1 Å². The summed E-state index contributed by atoms with van der Waals surface area (Å²) < 4.78 is 44.6. The summed E-state index contributed by atoms with van der Waals surface area (Å²) in [6.07, 6.45) is 1.16. The van der Waals surface area contributed by atoms with Crippen molar-refractivity contribution in [1.82, 2.24) is 10.2 Å². The fraction of sp³-hybridized carbons (Fsp3) is 0.550. The van der Waals surface area contributed by atoms with E-state index in [0.717, 1.165) is 37.4 Å². The monoisotopic (exact) mass is 418 g/mol. The van der Waals surface area contributed by atoms with Crippen LogP contribution in [0.4, 0.5) is 13.2 Å². The van der Waals surface area contributed by atoms with Crippen molar-refractivity contribution in [1.29, 1.82) is 0 Å². The van der Waals surface area contributed by atoms with Crippen LogP contribution in [0.5, 0.6) is 5.75 Å². The minimum absolute atomic E-state index is 0. The molecular formula is C20H26ClF3N2O2. The summed E-state index contributed by atoms with van der Waals surface area (Å²) in [5, 5.41) is 3.53. The number of benzene rings is 1. The number of nitrogens with one attached hydrogen (secondary N) is 1. The highest BCUT2D eigenvalue weighted by Crippen LogP contribution is 2.33. The van der Waals surface area contributed by atoms with Gasteiger partial charge in [0.2, 0.25) is 0 Å². The number of carbonyl (C=O) groups excluding carboxylic acids is 1. The van der Waals surface area contributed by atoms with Gasteiger partial charge in [-0.3, -0.25) is 4.79 Å². The number of piperidine rings is 1. The predicted molar refractivity (Wildman–Crippen MR) is 104 cm³/mol. The minimum Gasteiger partial charge on any atom is -0.489 e. The molecule has 2 aliphatic rings. The highest BCUT2D eigenvalue weighted by molar-refractivity contribution is 5.97. The molecule has 0 aromatic heterocycles. The minimum atomic E-state index is -4.51. The Bertz CT molecular complexity index is 685. The van der Waals surface area contributed by atoms with E-state index in [2.05, 4.69) is 11.9 Å². The van der Waals surface area contributed by atoms with Crippen LogP contribution in [0, 0.1) is 5.92 Å². The van der Waals surface area contributed by atoms with Crippen LogP contribution in [0.25, 0.3) is 0 Å². The second-order valence-electron chi connectivity index (χ2n) is 7.23. The van der Waals surface area contributed by atoms with Gasteiger partial charge < -0.3 is 15.0 Å². The smallest absolute Gasteiger partial charge is 0.416 e. The molecule has 0 radical (unpaired) electrons. The molecule has 156 valence electrons. The lowest BCUT2D eigenvalue weighted by Crippen LogP contribution is -2.45. The van der Waals surface area contributed by atoms with E-state index in [0.29, 0.717) is 19.1 Å². The van der Waals surface area contributed by atoms with Crippen molar-refractivity contribution >= 4 is 18.3 Å². The Hall–Kier alpha value is -1.73. The molecule has 1 aromatic rings. The van der Waals surface area contributed by atoms with E-state index in [1.165, 1.54) is 25.0 Å². The molecule has 1 saturated carbocycles. The summed E-state index contributed by atoms with van der Waals surface area (Å²) in [5.41, 5.74) is -0.895. The SMILES string of the molecule is C=CCOc1ccc(C(F)(F)F)cc1C(=O)N1CCC(NCC2CC2)CC1.Cl. The summed E-state index contributed by atoms with van der Waals surface area (Å²) in [6.45, 7) is 5.73. The van der Waals surface area contributed by atoms with E-state index in [4.69, 9.17) is 4.74 Å². The molecular weight excluding hydrogens is 393 g/mol. The lowest BCUT2D eigenvalue weighted by Gasteiger charge is -2.33. The molecule has 8 heteroatoms. The number of ether oxygens (including phenoxy) is 1. The lowest BCUT2D eigenvalue weighted by atomic mass is 10.0. The van der Waals surface area contributed by atoms with Crippen LogP contribution in [0.2, 0.25) is 0 Å². The maximum atomic E-state index is 13.1. The second kappa shape index (κ2) is 9.65. The lowest BCUT2D eigenvalue weighted by molar-refractivity contribution is -0.137. The maximum absolute atomic E-state index is 13.1. The van der Waals surface area contributed by atoms with Crippen molar-refractivity contribution in [2.24, 2.45) is 5.92 Å². The van der Waals surface area contributed by atoms with Crippen LogP contribution >= 0.6 is 12.4 Å². The summed E-state index contributed by atoms with van der Waals surface area (Å²) in [6, 6.07) is 3.40. The number of carbonyl (C=O) groups is 1. The van der Waals surface area contributed by atoms with Crippen LogP contribution in [0.15, 0.2) is 30.9 Å². The highest BCUT2D eigenvalue weighted by atomic mass is 35.5. The van der Waals surface area contributed by atoms with Crippen molar-refractivity contribution in [3.05, 3.63) is 42.0 Å². The fourth-order valence-electron chi connectivity index (χ4n) is 3.26. The molecule has 0 unspecified atom stereocenters. The van der Waals surface area contributed by atoms with Crippen molar-refractivity contribution < 1.29 is 22.7 Å². The topological polar surface area (TPSA) is 41.6 Å². The number of alkyl halides is 3. The van der Waals surface area contributed by atoms with Gasteiger partial charge in [-0.05, 0) is 56.3 Å². The molecule has 1 amide bonds. The van der Waals surface area contributed by atoms with E-state index in [9.17, 15) is 18.0 Å². The Kier molecular flexibility index (Phi) is 7.78. The van der Waals surface area contributed by atoms with E-state index in [1.54, 1.807) is 4.90 Å². The normalized spacial score (nSPS) is 17.8. The van der Waals surface area contributed by atoms with Crippen LogP contribution in [0.1, 0.15) is 41.6 Å². The maximum Gasteiger partial charge on any atom is 0.416 e. The van der Waals surface area contributed by atoms with E-state index in [-0.39, 0.29) is 30.3 Å². The molecule has 2 fully saturated rings. The molecule has 1 aliphatic heterocycles. The average molecular weight is 419 g/mol. The third-order valence-electron chi connectivity index (χ3n) is 5.07. The first kappa shape index (κ1) is 22.6. The Morgan fingerprint density at radius 1 is 1.25 bits per heavy atom. The quantitative estimate of drug-likeness (QED) is 0.671. The molecule has 1 aromatic carbocycles. The Morgan fingerprint density at radius 3 is 2.50 bits per heavy atom. The van der Waals surface area contributed by atoms with Crippen LogP contribution < -0.4 is 10.1 Å². The first-order chi connectivity index (χ1) is 12.9. The summed E-state index contributed by atoms with van der Waals surface area (Å²) in [5.74, 6) is 0.530. The third-order valence-corrected chi connectivity index (χ3v) is 5.07. The highest BCUT2D eigenvalue weighted by Gasteiger charge is 2.33. The predicted octanol–water partition coefficient (Wildman–Crippen LogP) is 4.30. The number of rotatable bonds is 7. The van der Waals surface area contributed by atoms with Gasteiger partial charge in [-0.2, -0.15) is 13.2 Å². The summed E-state index contributed by atoms with van der Waals surface area (Å²) in [4.78, 5) is 14.5. The van der Waals surface area contributed by atoms with Gasteiger partial charge in [0.1, 0.15) is 12.4 Å². The van der Waals surface area contributed by atoms with Gasteiger partial charge in [0.25, 0.3) is 5.91 Å². The molecule has 0 bridgehead atoms. The first-order valence-corrected chi connectivity index (χ1v) is 9.36. The number of hydrogen-bond donors (Lipinski definition) is 1. The molecule has 1 aliphatic carbocycles. The van der Waals surface area contributed by atoms with E-state index in [1.807, 2.05) is 0 Å². The molecule has 3 rings (SSSR count). The summed E-state index contributed by atoms with van der Waals surface area (Å²) >= 11 is 0. The zero-order valence-electron chi connectivity index (χ0n) is 15.6. The average Bonchev–Trinajstić information content (AvgIpc) is 3.48. The molecule has 0 atom stereocenters. The molecule has 1 saturated heterocycles. The van der Waals surface area contributed by atoms with E-state index >= 15 is 0 Å². The number of hydrogen-bond acceptors (Lipinski definition) is 3. The van der Waals surface area contributed by atoms with Gasteiger partial charge in [0.05, 0.1) is 11.1 Å². The molecule has 0 spiro atoms. The standard InChI is InChI=1S/C20H25F3N2O2.ClH/c1-2-11-27-18-6-5-15(20(21,22)23)12-17(18)19(26)25-9-7-16(8-10-25)24-13-14-3-4-14;/h2,5-6,12,14,16,24H,1,3-4,7-11,13H2;1H. The van der Waals surface area contributed by atoms with Gasteiger partial charge in [-0.15, -0.1) is 12.4 Å². The number of halogens is 4. The van der Waals surface area contributed by atoms with Crippen LogP contribution in [-0.2, 0) is 6.18 Å². The van der Waals surface area contributed by atoms with Crippen molar-refractivity contribution in [3.63, 3.8) is 0 Å². The number of likely N-dealkylation sites (tertiary alicyclic amines) is 1. The van der Waals surface area contributed by atoms with Crippen LogP contribution in [0.3, 0.4) is 0 Å². The number of amides is 1. The largest absolute Gasteiger partial charge is 0.489 e. The molecule has 28 heavy (non-hydrogen) atoms. The zero-order valence-corrected chi connectivity index (χ0v) is 16.5. The third kappa shape index (κ3) is 5.88. The fourth-order valence-corrected chi connectivity index (χ4v) is 3.26. The Labute approximate surface area is 169 Å². The second-order valence-corrected chi connectivity index (χ2v) is 7.23.